The maximum Gasteiger partial charge on any atom is 0.280 e. The van der Waals surface area contributed by atoms with Crippen LogP contribution in [-0.4, -0.2) is 16.9 Å². The Bertz CT molecular complexity index is 919. The number of aliphatic imine (C=N–C) groups is 1. The predicted molar refractivity (Wildman–Crippen MR) is 100 cm³/mol. The third kappa shape index (κ3) is 3.31. The van der Waals surface area contributed by atoms with E-state index >= 15 is 0 Å². The summed E-state index contributed by atoms with van der Waals surface area (Å²) in [7, 11) is 0. The van der Waals surface area contributed by atoms with Gasteiger partial charge >= 0.3 is 0 Å². The third-order valence-corrected chi connectivity index (χ3v) is 3.97. The lowest BCUT2D eigenvalue weighted by Gasteiger charge is -2.08. The molecule has 0 saturated heterocycles. The number of carbonyl (C=O) groups excluding carboxylic acids is 1. The molecule has 0 saturated carbocycles. The second-order valence-corrected chi connectivity index (χ2v) is 6.17. The first kappa shape index (κ1) is 15.4. The molecule has 3 rings (SSSR count). The summed E-state index contributed by atoms with van der Waals surface area (Å²) >= 11 is 2.19. The number of guanidine groups is 1. The summed E-state index contributed by atoms with van der Waals surface area (Å²) in [6.45, 7) is 0. The van der Waals surface area contributed by atoms with E-state index in [-0.39, 0.29) is 5.96 Å². The van der Waals surface area contributed by atoms with E-state index in [9.17, 15) is 4.79 Å². The van der Waals surface area contributed by atoms with Crippen LogP contribution in [0.3, 0.4) is 0 Å². The Morgan fingerprint density at radius 1 is 1.04 bits per heavy atom. The van der Waals surface area contributed by atoms with Gasteiger partial charge in [-0.2, -0.15) is 4.99 Å². The summed E-state index contributed by atoms with van der Waals surface area (Å²) in [4.78, 5) is 20.7. The average molecular weight is 416 g/mol. The molecule has 0 fully saturated rings. The van der Waals surface area contributed by atoms with Crippen LogP contribution < -0.4 is 11.5 Å². The van der Waals surface area contributed by atoms with E-state index in [0.717, 1.165) is 20.0 Å². The molecule has 2 aromatic carbocycles. The van der Waals surface area contributed by atoms with Crippen LogP contribution in [0.1, 0.15) is 10.4 Å². The first-order chi connectivity index (χ1) is 11.0. The van der Waals surface area contributed by atoms with Crippen LogP contribution in [0.15, 0.2) is 59.6 Å². The first-order valence-corrected chi connectivity index (χ1v) is 7.92. The minimum atomic E-state index is -0.475. The van der Waals surface area contributed by atoms with Crippen molar-refractivity contribution in [3.05, 3.63) is 63.7 Å². The van der Waals surface area contributed by atoms with Gasteiger partial charge in [0.2, 0.25) is 0 Å². The number of fused-ring (bicyclic) bond motifs is 1. The lowest BCUT2D eigenvalue weighted by molar-refractivity contribution is 0.100. The van der Waals surface area contributed by atoms with Gasteiger partial charge in [0, 0.05) is 14.5 Å². The van der Waals surface area contributed by atoms with Crippen molar-refractivity contribution < 1.29 is 4.79 Å². The van der Waals surface area contributed by atoms with Gasteiger partial charge in [0.1, 0.15) is 0 Å². The van der Waals surface area contributed by atoms with Crippen LogP contribution in [0.5, 0.6) is 0 Å². The second kappa shape index (κ2) is 6.33. The monoisotopic (exact) mass is 416 g/mol. The van der Waals surface area contributed by atoms with E-state index in [1.165, 1.54) is 0 Å². The van der Waals surface area contributed by atoms with E-state index in [1.54, 1.807) is 6.07 Å². The molecule has 6 heteroatoms. The molecule has 5 nitrogen and oxygen atoms in total. The molecule has 1 aromatic heterocycles. The topological polar surface area (TPSA) is 94.4 Å². The zero-order chi connectivity index (χ0) is 16.4. The normalized spacial score (nSPS) is 10.5. The Labute approximate surface area is 146 Å². The van der Waals surface area contributed by atoms with Gasteiger partial charge in [0.15, 0.2) is 5.96 Å². The highest BCUT2D eigenvalue weighted by atomic mass is 127. The van der Waals surface area contributed by atoms with Gasteiger partial charge in [-0.3, -0.25) is 4.79 Å². The molecule has 0 unspecified atom stereocenters. The molecule has 1 heterocycles. The third-order valence-electron chi connectivity index (χ3n) is 3.30. The highest BCUT2D eigenvalue weighted by Gasteiger charge is 2.14. The summed E-state index contributed by atoms with van der Waals surface area (Å²) in [5.41, 5.74) is 13.5. The Morgan fingerprint density at radius 3 is 2.48 bits per heavy atom. The lowest BCUT2D eigenvalue weighted by Crippen LogP contribution is -2.24. The van der Waals surface area contributed by atoms with Gasteiger partial charge < -0.3 is 11.5 Å². The van der Waals surface area contributed by atoms with Crippen molar-refractivity contribution in [1.29, 1.82) is 0 Å². The Hall–Kier alpha value is -2.48. The molecular formula is C17H13IN4O. The number of pyridine rings is 1. The van der Waals surface area contributed by atoms with Crippen LogP contribution in [0.2, 0.25) is 0 Å². The summed E-state index contributed by atoms with van der Waals surface area (Å²) in [5, 5.41) is 0.728. The van der Waals surface area contributed by atoms with Crippen molar-refractivity contribution in [3.8, 4) is 11.3 Å². The number of rotatable bonds is 2. The molecule has 0 radical (unpaired) electrons. The van der Waals surface area contributed by atoms with Gasteiger partial charge in [-0.1, -0.05) is 30.3 Å². The first-order valence-electron chi connectivity index (χ1n) is 6.84. The van der Waals surface area contributed by atoms with Gasteiger partial charge in [-0.05, 0) is 46.9 Å². The molecule has 0 aliphatic rings. The summed E-state index contributed by atoms with van der Waals surface area (Å²) in [6, 6.07) is 17.1. The van der Waals surface area contributed by atoms with Crippen LogP contribution >= 0.6 is 22.6 Å². The maximum absolute atomic E-state index is 12.4. The summed E-state index contributed by atoms with van der Waals surface area (Å²) in [5.74, 6) is -0.733. The van der Waals surface area contributed by atoms with Gasteiger partial charge in [0.05, 0.1) is 16.8 Å². The number of hydrogen-bond acceptors (Lipinski definition) is 2. The van der Waals surface area contributed by atoms with Crippen LogP contribution in [0.25, 0.3) is 22.2 Å². The average Bonchev–Trinajstić information content (AvgIpc) is 2.54. The minimum absolute atomic E-state index is 0.258. The predicted octanol–water partition coefficient (Wildman–Crippen LogP) is 2.92. The number of hydrogen-bond donors (Lipinski definition) is 2. The van der Waals surface area contributed by atoms with Crippen molar-refractivity contribution in [2.75, 3.05) is 0 Å². The lowest BCUT2D eigenvalue weighted by atomic mass is 10.0. The van der Waals surface area contributed by atoms with Crippen LogP contribution in [0.4, 0.5) is 0 Å². The fourth-order valence-corrected chi connectivity index (χ4v) is 2.80. The number of carbonyl (C=O) groups is 1. The standard InChI is InChI=1S/C17H13IN4O/c18-11-6-7-14-12(8-11)13(16(23)22-17(19)20)9-15(21-14)10-4-2-1-3-5-10/h1-9H,(H4,19,20,22,23). The number of benzene rings is 2. The van der Waals surface area contributed by atoms with E-state index in [1.807, 2.05) is 48.5 Å². The van der Waals surface area contributed by atoms with Gasteiger partial charge in [-0.25, -0.2) is 4.98 Å². The molecule has 3 aromatic rings. The van der Waals surface area contributed by atoms with E-state index in [4.69, 9.17) is 11.5 Å². The molecule has 4 N–H and O–H groups in total. The van der Waals surface area contributed by atoms with Crippen LogP contribution in [0, 0.1) is 3.57 Å². The second-order valence-electron chi connectivity index (χ2n) is 4.92. The molecule has 0 bridgehead atoms. The smallest absolute Gasteiger partial charge is 0.280 e. The zero-order valence-corrected chi connectivity index (χ0v) is 14.2. The number of nitrogens with two attached hydrogens (primary N) is 2. The van der Waals surface area contributed by atoms with Crippen molar-refractivity contribution in [1.82, 2.24) is 4.98 Å². The Kier molecular flexibility index (Phi) is 4.24. The van der Waals surface area contributed by atoms with E-state index in [2.05, 4.69) is 32.6 Å². The Morgan fingerprint density at radius 2 is 1.78 bits per heavy atom. The molecule has 0 aliphatic carbocycles. The molecule has 0 atom stereocenters. The fourth-order valence-electron chi connectivity index (χ4n) is 2.31. The molecule has 23 heavy (non-hydrogen) atoms. The number of halogens is 1. The van der Waals surface area contributed by atoms with Gasteiger partial charge in [0.25, 0.3) is 5.91 Å². The quantitative estimate of drug-likeness (QED) is 0.382. The number of aromatic nitrogens is 1. The molecule has 1 amide bonds. The van der Waals surface area contributed by atoms with Gasteiger partial charge in [-0.15, -0.1) is 0 Å². The zero-order valence-electron chi connectivity index (χ0n) is 12.0. The number of nitrogens with zero attached hydrogens (tertiary/aromatic N) is 2. The molecule has 0 aliphatic heterocycles. The summed E-state index contributed by atoms with van der Waals surface area (Å²) < 4.78 is 1.00. The minimum Gasteiger partial charge on any atom is -0.370 e. The van der Waals surface area contributed by atoms with Crippen molar-refractivity contribution in [2.24, 2.45) is 16.5 Å². The SMILES string of the molecule is NC(N)=NC(=O)c1cc(-c2ccccc2)nc2ccc(I)cc12. The highest BCUT2D eigenvalue weighted by Crippen LogP contribution is 2.26. The van der Waals surface area contributed by atoms with Crippen molar-refractivity contribution in [3.63, 3.8) is 0 Å². The fraction of sp³-hybridized carbons (Fsp3) is 0. The van der Waals surface area contributed by atoms with E-state index < -0.39 is 5.91 Å². The van der Waals surface area contributed by atoms with Crippen molar-refractivity contribution >= 4 is 45.4 Å². The molecule has 0 spiro atoms. The number of amides is 1. The molecular weight excluding hydrogens is 403 g/mol. The van der Waals surface area contributed by atoms with Crippen LogP contribution in [-0.2, 0) is 0 Å². The van der Waals surface area contributed by atoms with Crippen molar-refractivity contribution in [2.45, 2.75) is 0 Å². The van der Waals surface area contributed by atoms with E-state index in [0.29, 0.717) is 11.3 Å². The largest absolute Gasteiger partial charge is 0.370 e. The summed E-state index contributed by atoms with van der Waals surface area (Å²) in [6.07, 6.45) is 0. The Balaban J connectivity index is 2.28. The maximum atomic E-state index is 12.4. The highest BCUT2D eigenvalue weighted by molar-refractivity contribution is 14.1. The molecule has 114 valence electrons.